The summed E-state index contributed by atoms with van der Waals surface area (Å²) in [5.41, 5.74) is 8.90. The van der Waals surface area contributed by atoms with Crippen molar-refractivity contribution in [2.45, 2.75) is 39.0 Å². The molecule has 0 aromatic carbocycles. The second kappa shape index (κ2) is 5.51. The third kappa shape index (κ3) is 3.27. The zero-order chi connectivity index (χ0) is 10.4. The molecule has 1 rings (SSSR count). The fourth-order valence-electron chi connectivity index (χ4n) is 1.89. The Labute approximate surface area is 84.4 Å². The number of allylic oxidation sites excluding steroid dienone is 2. The van der Waals surface area contributed by atoms with Crippen LogP contribution in [0.1, 0.15) is 39.0 Å². The molecule has 0 N–H and O–H groups in total. The van der Waals surface area contributed by atoms with Gasteiger partial charge >= 0.3 is 6.21 Å². The minimum absolute atomic E-state index is 0.196. The molecule has 1 fully saturated rings. The smallest absolute Gasteiger partial charge is 0.327 e. The Bertz CT molecular complexity index is 282. The highest BCUT2D eigenvalue weighted by atomic mass is 16.1. The van der Waals surface area contributed by atoms with Gasteiger partial charge in [-0.2, -0.15) is 4.79 Å². The van der Waals surface area contributed by atoms with E-state index in [1.807, 2.05) is 6.08 Å². The van der Waals surface area contributed by atoms with E-state index in [9.17, 15) is 4.79 Å². The minimum atomic E-state index is -0.196. The maximum atomic E-state index is 11.2. The van der Waals surface area contributed by atoms with E-state index in [0.717, 1.165) is 6.21 Å². The average Bonchev–Trinajstić information content (AvgIpc) is 2.19. The molecule has 0 amide bonds. The Morgan fingerprint density at radius 3 is 2.57 bits per heavy atom. The molecule has 0 heterocycles. The zero-order valence-corrected chi connectivity index (χ0v) is 8.57. The summed E-state index contributed by atoms with van der Waals surface area (Å²) in [6, 6.07) is 0. The molecule has 14 heavy (non-hydrogen) atoms. The summed E-state index contributed by atoms with van der Waals surface area (Å²) in [5, 5.41) is 0. The fourth-order valence-corrected chi connectivity index (χ4v) is 1.89. The van der Waals surface area contributed by atoms with E-state index in [1.165, 1.54) is 32.1 Å². The van der Waals surface area contributed by atoms with Crippen molar-refractivity contribution in [2.24, 2.45) is 5.92 Å². The summed E-state index contributed by atoms with van der Waals surface area (Å²) in [5.74, 6) is 0.345. The van der Waals surface area contributed by atoms with E-state index < -0.39 is 0 Å². The van der Waals surface area contributed by atoms with Crippen molar-refractivity contribution in [3.8, 4) is 0 Å². The molecule has 0 aromatic rings. The van der Waals surface area contributed by atoms with Crippen LogP contribution in [0.15, 0.2) is 11.6 Å². The van der Waals surface area contributed by atoms with Gasteiger partial charge in [0.25, 0.3) is 5.78 Å². The largest absolute Gasteiger partial charge is 0.361 e. The topological polar surface area (TPSA) is 53.5 Å². The summed E-state index contributed by atoms with van der Waals surface area (Å²) in [4.78, 5) is 14.0. The van der Waals surface area contributed by atoms with Gasteiger partial charge in [0.05, 0.1) is 0 Å². The summed E-state index contributed by atoms with van der Waals surface area (Å²) < 4.78 is 0. The van der Waals surface area contributed by atoms with Gasteiger partial charge in [-0.1, -0.05) is 25.3 Å². The maximum Gasteiger partial charge on any atom is 0.327 e. The third-order valence-corrected chi connectivity index (χ3v) is 2.70. The first kappa shape index (κ1) is 10.9. The van der Waals surface area contributed by atoms with Crippen molar-refractivity contribution in [3.63, 3.8) is 0 Å². The molecule has 0 radical (unpaired) electrons. The van der Waals surface area contributed by atoms with Crippen molar-refractivity contribution >= 4 is 12.0 Å². The van der Waals surface area contributed by atoms with Crippen LogP contribution in [0.25, 0.3) is 5.53 Å². The van der Waals surface area contributed by atoms with Crippen molar-refractivity contribution < 1.29 is 9.58 Å². The maximum absolute atomic E-state index is 11.2. The number of rotatable bonds is 3. The molecule has 0 aromatic heterocycles. The molecule has 0 saturated heterocycles. The van der Waals surface area contributed by atoms with Crippen LogP contribution < -0.4 is 0 Å². The molecule has 0 spiro atoms. The van der Waals surface area contributed by atoms with E-state index in [2.05, 4.69) is 4.79 Å². The van der Waals surface area contributed by atoms with Crippen LogP contribution in [0.2, 0.25) is 0 Å². The number of ketones is 1. The standard InChI is InChI=1S/C11H16N2O/c1-9(11(14)8-13-12)7-10-5-3-2-4-6-10/h7-8,10H,2-6H2,1H3/b9-7+. The van der Waals surface area contributed by atoms with E-state index in [1.54, 1.807) is 6.92 Å². The van der Waals surface area contributed by atoms with Crippen molar-refractivity contribution in [1.29, 1.82) is 0 Å². The van der Waals surface area contributed by atoms with Crippen LogP contribution in [0.4, 0.5) is 0 Å². The summed E-state index contributed by atoms with van der Waals surface area (Å²) in [6.07, 6.45) is 9.17. The molecule has 0 unspecified atom stereocenters. The lowest BCUT2D eigenvalue weighted by Crippen LogP contribution is -2.07. The van der Waals surface area contributed by atoms with Crippen LogP contribution in [-0.4, -0.2) is 16.8 Å². The van der Waals surface area contributed by atoms with Gasteiger partial charge in [-0.05, 0) is 25.7 Å². The van der Waals surface area contributed by atoms with E-state index >= 15 is 0 Å². The zero-order valence-electron chi connectivity index (χ0n) is 8.57. The summed E-state index contributed by atoms with van der Waals surface area (Å²) in [6.45, 7) is 1.78. The number of nitrogens with zero attached hydrogens (tertiary/aromatic N) is 2. The molecule has 1 saturated carbocycles. The summed E-state index contributed by atoms with van der Waals surface area (Å²) in [7, 11) is 0. The first-order valence-electron chi connectivity index (χ1n) is 5.14. The Morgan fingerprint density at radius 2 is 2.00 bits per heavy atom. The van der Waals surface area contributed by atoms with Gasteiger partial charge in [-0.25, -0.2) is 0 Å². The number of carbonyl (C=O) groups excluding carboxylic acids is 1. The quantitative estimate of drug-likeness (QED) is 0.293. The van der Waals surface area contributed by atoms with Gasteiger partial charge < -0.3 is 5.53 Å². The average molecular weight is 192 g/mol. The Balaban J connectivity index is 2.56. The Hall–Kier alpha value is -1.21. The van der Waals surface area contributed by atoms with Crippen molar-refractivity contribution in [1.82, 2.24) is 0 Å². The van der Waals surface area contributed by atoms with Gasteiger partial charge in [-0.3, -0.25) is 4.79 Å². The molecule has 0 aliphatic heterocycles. The number of carbonyl (C=O) groups is 1. The highest BCUT2D eigenvalue weighted by Crippen LogP contribution is 2.25. The Kier molecular flexibility index (Phi) is 4.27. The SMILES string of the molecule is C/C(=C\C1CCCCC1)C(=O)C=[N+]=[N-]. The molecule has 76 valence electrons. The Morgan fingerprint density at radius 1 is 1.36 bits per heavy atom. The molecular formula is C11H16N2O. The molecule has 3 nitrogen and oxygen atoms in total. The predicted molar refractivity (Wildman–Crippen MR) is 55.0 cm³/mol. The third-order valence-electron chi connectivity index (χ3n) is 2.70. The van der Waals surface area contributed by atoms with Crippen LogP contribution in [0.3, 0.4) is 0 Å². The van der Waals surface area contributed by atoms with Crippen molar-refractivity contribution in [2.75, 3.05) is 0 Å². The summed E-state index contributed by atoms with van der Waals surface area (Å²) >= 11 is 0. The lowest BCUT2D eigenvalue weighted by molar-refractivity contribution is -0.112. The highest BCUT2D eigenvalue weighted by Gasteiger charge is 2.13. The highest BCUT2D eigenvalue weighted by molar-refractivity contribution is 6.32. The van der Waals surface area contributed by atoms with E-state index in [4.69, 9.17) is 5.53 Å². The molecular weight excluding hydrogens is 176 g/mol. The normalized spacial score (nSPS) is 18.8. The molecule has 1 aliphatic rings. The van der Waals surface area contributed by atoms with Crippen LogP contribution in [0, 0.1) is 5.92 Å². The van der Waals surface area contributed by atoms with Crippen LogP contribution in [0.5, 0.6) is 0 Å². The monoisotopic (exact) mass is 192 g/mol. The lowest BCUT2D eigenvalue weighted by atomic mass is 9.87. The van der Waals surface area contributed by atoms with Crippen molar-refractivity contribution in [3.05, 3.63) is 17.2 Å². The number of hydrogen-bond acceptors (Lipinski definition) is 1. The molecule has 1 aliphatic carbocycles. The second-order valence-corrected chi connectivity index (χ2v) is 3.86. The number of Topliss-reactive ketones (excluding diaryl/α,β-unsaturated/α-hetero) is 1. The van der Waals surface area contributed by atoms with Crippen LogP contribution in [-0.2, 0) is 4.79 Å². The number of hydrogen-bond donors (Lipinski definition) is 0. The second-order valence-electron chi connectivity index (χ2n) is 3.86. The first-order chi connectivity index (χ1) is 6.74. The van der Waals surface area contributed by atoms with Gasteiger partial charge in [0.2, 0.25) is 0 Å². The van der Waals surface area contributed by atoms with Gasteiger partial charge in [0.1, 0.15) is 0 Å². The molecule has 3 heteroatoms. The van der Waals surface area contributed by atoms with Gasteiger partial charge in [0.15, 0.2) is 0 Å². The van der Waals surface area contributed by atoms with Crippen LogP contribution >= 0.6 is 0 Å². The molecule has 0 bridgehead atoms. The van der Waals surface area contributed by atoms with Gasteiger partial charge in [-0.15, -0.1) is 0 Å². The fraction of sp³-hybridized carbons (Fsp3) is 0.636. The first-order valence-corrected chi connectivity index (χ1v) is 5.14. The molecule has 0 atom stereocenters. The predicted octanol–water partition coefficient (Wildman–Crippen LogP) is 2.38. The van der Waals surface area contributed by atoms with Gasteiger partial charge in [0, 0.05) is 5.57 Å². The minimum Gasteiger partial charge on any atom is -0.361 e. The van der Waals surface area contributed by atoms with E-state index in [0.29, 0.717) is 11.5 Å². The lowest BCUT2D eigenvalue weighted by Gasteiger charge is -2.18. The van der Waals surface area contributed by atoms with E-state index in [-0.39, 0.29) is 5.78 Å².